The van der Waals surface area contributed by atoms with Crippen LogP contribution in [-0.2, 0) is 7.05 Å². The molecule has 0 bridgehead atoms. The molecular weight excluding hydrogens is 262 g/mol. The minimum Gasteiger partial charge on any atom is -0.340 e. The Kier molecular flexibility index (Phi) is 3.80. The lowest BCUT2D eigenvalue weighted by atomic mass is 10.1. The summed E-state index contributed by atoms with van der Waals surface area (Å²) in [5.41, 5.74) is 8.63. The molecule has 0 radical (unpaired) electrons. The van der Waals surface area contributed by atoms with Crippen molar-refractivity contribution in [2.75, 3.05) is 19.6 Å². The second kappa shape index (κ2) is 5.74. The predicted molar refractivity (Wildman–Crippen MR) is 83.9 cm³/mol. The normalized spacial score (nSPS) is 18.2. The third-order valence-corrected chi connectivity index (χ3v) is 4.32. The molecule has 1 aromatic carbocycles. The van der Waals surface area contributed by atoms with Crippen molar-refractivity contribution < 1.29 is 4.79 Å². The minimum atomic E-state index is 0.107. The third-order valence-electron chi connectivity index (χ3n) is 4.32. The van der Waals surface area contributed by atoms with E-state index in [4.69, 9.17) is 5.73 Å². The second-order valence-corrected chi connectivity index (χ2v) is 5.67. The van der Waals surface area contributed by atoms with Gasteiger partial charge in [0.25, 0.3) is 5.91 Å². The van der Waals surface area contributed by atoms with Crippen molar-refractivity contribution >= 4 is 5.91 Å². The first-order valence-corrected chi connectivity index (χ1v) is 7.41. The van der Waals surface area contributed by atoms with Gasteiger partial charge in [-0.25, -0.2) is 0 Å². The molecule has 2 heterocycles. The van der Waals surface area contributed by atoms with E-state index < -0.39 is 0 Å². The molecule has 1 aliphatic heterocycles. The molecule has 0 saturated carbocycles. The number of likely N-dealkylation sites (tertiary alicyclic amines) is 1. The third kappa shape index (κ3) is 2.59. The van der Waals surface area contributed by atoms with Gasteiger partial charge in [-0.2, -0.15) is 0 Å². The summed E-state index contributed by atoms with van der Waals surface area (Å²) in [4.78, 5) is 14.6. The molecule has 110 valence electrons. The van der Waals surface area contributed by atoms with Crippen LogP contribution < -0.4 is 5.73 Å². The summed E-state index contributed by atoms with van der Waals surface area (Å²) in [5, 5.41) is 0. The lowest BCUT2D eigenvalue weighted by Crippen LogP contribution is -2.31. The average molecular weight is 283 g/mol. The Hall–Kier alpha value is -2.07. The van der Waals surface area contributed by atoms with E-state index in [0.717, 1.165) is 36.5 Å². The van der Waals surface area contributed by atoms with Gasteiger partial charge in [0.15, 0.2) is 0 Å². The molecule has 0 aliphatic carbocycles. The van der Waals surface area contributed by atoms with Crippen LogP contribution in [0.2, 0.25) is 0 Å². The summed E-state index contributed by atoms with van der Waals surface area (Å²) in [6.45, 7) is 2.25. The van der Waals surface area contributed by atoms with E-state index in [9.17, 15) is 4.79 Å². The fraction of sp³-hybridized carbons (Fsp3) is 0.353. The monoisotopic (exact) mass is 283 g/mol. The first kappa shape index (κ1) is 13.9. The van der Waals surface area contributed by atoms with Gasteiger partial charge in [-0.15, -0.1) is 0 Å². The Balaban J connectivity index is 1.84. The Morgan fingerprint density at radius 2 is 2.00 bits per heavy atom. The van der Waals surface area contributed by atoms with E-state index in [2.05, 4.69) is 12.1 Å². The van der Waals surface area contributed by atoms with E-state index in [1.807, 2.05) is 46.8 Å². The molecule has 1 aromatic heterocycles. The molecule has 3 rings (SSSR count). The van der Waals surface area contributed by atoms with E-state index in [1.165, 1.54) is 0 Å². The van der Waals surface area contributed by atoms with Crippen molar-refractivity contribution in [3.05, 3.63) is 48.2 Å². The number of hydrogen-bond donors (Lipinski definition) is 1. The van der Waals surface area contributed by atoms with Crippen LogP contribution in [0.3, 0.4) is 0 Å². The molecule has 1 saturated heterocycles. The van der Waals surface area contributed by atoms with Crippen molar-refractivity contribution in [3.8, 4) is 11.3 Å². The predicted octanol–water partition coefficient (Wildman–Crippen LogP) is 2.11. The molecule has 2 N–H and O–H groups in total. The molecule has 4 heteroatoms. The molecule has 1 fully saturated rings. The topological polar surface area (TPSA) is 51.3 Å². The number of rotatable bonds is 3. The van der Waals surface area contributed by atoms with Crippen molar-refractivity contribution in [1.29, 1.82) is 0 Å². The number of nitrogens with zero attached hydrogens (tertiary/aromatic N) is 2. The molecule has 1 atom stereocenters. The number of benzene rings is 1. The van der Waals surface area contributed by atoms with Crippen molar-refractivity contribution in [2.45, 2.75) is 6.42 Å². The molecule has 0 spiro atoms. The highest BCUT2D eigenvalue weighted by molar-refractivity contribution is 5.94. The maximum atomic E-state index is 12.6. The average Bonchev–Trinajstić information content (AvgIpc) is 3.14. The number of carbonyl (C=O) groups is 1. The molecule has 1 amide bonds. The van der Waals surface area contributed by atoms with Gasteiger partial charge in [0, 0.05) is 25.8 Å². The largest absolute Gasteiger partial charge is 0.340 e. The van der Waals surface area contributed by atoms with E-state index >= 15 is 0 Å². The summed E-state index contributed by atoms with van der Waals surface area (Å²) in [7, 11) is 1.95. The van der Waals surface area contributed by atoms with Gasteiger partial charge in [-0.05, 0) is 36.6 Å². The highest BCUT2D eigenvalue weighted by Crippen LogP contribution is 2.24. The van der Waals surface area contributed by atoms with Gasteiger partial charge >= 0.3 is 0 Å². The fourth-order valence-electron chi connectivity index (χ4n) is 3.00. The molecule has 21 heavy (non-hydrogen) atoms. The number of carbonyl (C=O) groups excluding carboxylic acids is 1. The highest BCUT2D eigenvalue weighted by atomic mass is 16.2. The van der Waals surface area contributed by atoms with Crippen LogP contribution in [0.15, 0.2) is 42.5 Å². The molecule has 2 aromatic rings. The summed E-state index contributed by atoms with van der Waals surface area (Å²) >= 11 is 0. The Bertz CT molecular complexity index is 633. The van der Waals surface area contributed by atoms with Gasteiger partial charge in [0.05, 0.1) is 0 Å². The minimum absolute atomic E-state index is 0.107. The first-order valence-electron chi connectivity index (χ1n) is 7.41. The van der Waals surface area contributed by atoms with Crippen molar-refractivity contribution in [2.24, 2.45) is 18.7 Å². The van der Waals surface area contributed by atoms with Gasteiger partial charge in [-0.3, -0.25) is 4.79 Å². The molecule has 1 aliphatic rings. The zero-order valence-corrected chi connectivity index (χ0v) is 12.3. The van der Waals surface area contributed by atoms with E-state index in [-0.39, 0.29) is 5.91 Å². The SMILES string of the molecule is Cn1c(C(=O)N2CC[C@H](CN)C2)ccc1-c1ccccc1. The quantitative estimate of drug-likeness (QED) is 0.938. The smallest absolute Gasteiger partial charge is 0.270 e. The van der Waals surface area contributed by atoms with Gasteiger partial charge in [0.1, 0.15) is 5.69 Å². The number of aromatic nitrogens is 1. The number of amides is 1. The fourth-order valence-corrected chi connectivity index (χ4v) is 3.00. The Morgan fingerprint density at radius 3 is 2.67 bits per heavy atom. The summed E-state index contributed by atoms with van der Waals surface area (Å²) in [6.07, 6.45) is 1.01. The highest BCUT2D eigenvalue weighted by Gasteiger charge is 2.27. The van der Waals surface area contributed by atoms with Gasteiger partial charge in [-0.1, -0.05) is 30.3 Å². The van der Waals surface area contributed by atoms with Crippen LogP contribution in [0.4, 0.5) is 0 Å². The Labute approximate surface area is 125 Å². The zero-order valence-electron chi connectivity index (χ0n) is 12.3. The summed E-state index contributed by atoms with van der Waals surface area (Å²) in [5.74, 6) is 0.554. The first-order chi connectivity index (χ1) is 10.2. The molecular formula is C17H21N3O. The van der Waals surface area contributed by atoms with Gasteiger partial charge < -0.3 is 15.2 Å². The van der Waals surface area contributed by atoms with Crippen molar-refractivity contribution in [1.82, 2.24) is 9.47 Å². The lowest BCUT2D eigenvalue weighted by molar-refractivity contribution is 0.0778. The van der Waals surface area contributed by atoms with Crippen LogP contribution in [0.1, 0.15) is 16.9 Å². The second-order valence-electron chi connectivity index (χ2n) is 5.67. The van der Waals surface area contributed by atoms with Gasteiger partial charge in [0.2, 0.25) is 0 Å². The van der Waals surface area contributed by atoms with Crippen LogP contribution in [0.5, 0.6) is 0 Å². The maximum absolute atomic E-state index is 12.6. The van der Waals surface area contributed by atoms with E-state index in [0.29, 0.717) is 12.5 Å². The zero-order chi connectivity index (χ0) is 14.8. The number of hydrogen-bond acceptors (Lipinski definition) is 2. The maximum Gasteiger partial charge on any atom is 0.270 e. The molecule has 0 unspecified atom stereocenters. The van der Waals surface area contributed by atoms with E-state index in [1.54, 1.807) is 0 Å². The van der Waals surface area contributed by atoms with Crippen LogP contribution in [-0.4, -0.2) is 35.0 Å². The molecule has 4 nitrogen and oxygen atoms in total. The summed E-state index contributed by atoms with van der Waals surface area (Å²) < 4.78 is 1.98. The van der Waals surface area contributed by atoms with Crippen molar-refractivity contribution in [3.63, 3.8) is 0 Å². The van der Waals surface area contributed by atoms with Crippen LogP contribution >= 0.6 is 0 Å². The van der Waals surface area contributed by atoms with Crippen LogP contribution in [0, 0.1) is 5.92 Å². The summed E-state index contributed by atoms with van der Waals surface area (Å²) in [6, 6.07) is 14.1. The lowest BCUT2D eigenvalue weighted by Gasteiger charge is -2.17. The number of nitrogens with two attached hydrogens (primary N) is 1. The Morgan fingerprint density at radius 1 is 1.24 bits per heavy atom. The van der Waals surface area contributed by atoms with Crippen LogP contribution in [0.25, 0.3) is 11.3 Å². The standard InChI is InChI=1S/C17H21N3O/c1-19-15(14-5-3-2-4-6-14)7-8-16(19)17(21)20-10-9-13(11-18)12-20/h2-8,13H,9-12,18H2,1H3/t13-/m1/s1.